The lowest BCUT2D eigenvalue weighted by Crippen LogP contribution is -2.34. The molecule has 1 aromatic carbocycles. The number of amides is 1. The summed E-state index contributed by atoms with van der Waals surface area (Å²) in [6.45, 7) is 0.676. The highest BCUT2D eigenvalue weighted by molar-refractivity contribution is 7.92. The Hall–Kier alpha value is -2.75. The van der Waals surface area contributed by atoms with Gasteiger partial charge in [-0.25, -0.2) is 17.8 Å². The summed E-state index contributed by atoms with van der Waals surface area (Å²) in [6.07, 6.45) is 0.589. The average Bonchev–Trinajstić information content (AvgIpc) is 3.11. The summed E-state index contributed by atoms with van der Waals surface area (Å²) in [6, 6.07) is 5.79. The molecule has 1 amide bonds. The largest absolute Gasteiger partial charge is 0.348 e. The van der Waals surface area contributed by atoms with Gasteiger partial charge in [0.1, 0.15) is 11.6 Å². The fourth-order valence-corrected chi connectivity index (χ4v) is 4.32. The zero-order chi connectivity index (χ0) is 20.5. The van der Waals surface area contributed by atoms with Crippen molar-refractivity contribution < 1.29 is 17.6 Å². The van der Waals surface area contributed by atoms with E-state index in [4.69, 9.17) is 0 Å². The van der Waals surface area contributed by atoms with E-state index >= 15 is 0 Å². The van der Waals surface area contributed by atoms with Crippen LogP contribution in [-0.4, -0.2) is 62.1 Å². The minimum Gasteiger partial charge on any atom is -0.348 e. The zero-order valence-electron chi connectivity index (χ0n) is 15.6. The third kappa shape index (κ3) is 4.38. The number of aromatic nitrogens is 2. The third-order valence-electron chi connectivity index (χ3n) is 4.62. The molecule has 10 heteroatoms. The molecule has 1 atom stereocenters. The molecule has 0 saturated carbocycles. The number of H-pyrrole nitrogens is 1. The lowest BCUT2D eigenvalue weighted by atomic mass is 10.1. The number of likely N-dealkylation sites (tertiary alicyclic amines) is 1. The van der Waals surface area contributed by atoms with Crippen LogP contribution in [0.2, 0.25) is 0 Å². The lowest BCUT2D eigenvalue weighted by molar-refractivity contribution is -0.127. The van der Waals surface area contributed by atoms with Crippen molar-refractivity contribution in [3.05, 3.63) is 52.2 Å². The van der Waals surface area contributed by atoms with Gasteiger partial charge in [0.15, 0.2) is 9.84 Å². The molecule has 3 rings (SSSR count). The summed E-state index contributed by atoms with van der Waals surface area (Å²) >= 11 is 0. The standard InChI is InChI=1S/C18H21FN4O4S/c1-22(2)18-20-15(9-16(24)21-18)12-7-8-23(10-12)17(25)11-28(26,27)14-5-3-13(19)4-6-14/h3-6,9,12H,7-8,10-11H2,1-2H3,(H,20,21,24)/t12-/m0/s1. The van der Waals surface area contributed by atoms with Gasteiger partial charge >= 0.3 is 0 Å². The van der Waals surface area contributed by atoms with Crippen molar-refractivity contribution in [1.82, 2.24) is 14.9 Å². The van der Waals surface area contributed by atoms with Gasteiger partial charge in [-0.3, -0.25) is 14.6 Å². The third-order valence-corrected chi connectivity index (χ3v) is 6.24. The highest BCUT2D eigenvalue weighted by Crippen LogP contribution is 2.26. The Labute approximate surface area is 161 Å². The molecular formula is C18H21FN4O4S. The van der Waals surface area contributed by atoms with Gasteiger partial charge in [-0.1, -0.05) is 0 Å². The predicted molar refractivity (Wildman–Crippen MR) is 102 cm³/mol. The number of carbonyl (C=O) groups excluding carboxylic acids is 1. The van der Waals surface area contributed by atoms with Crippen LogP contribution in [0.25, 0.3) is 0 Å². The van der Waals surface area contributed by atoms with Crippen LogP contribution in [0.15, 0.2) is 40.0 Å². The summed E-state index contributed by atoms with van der Waals surface area (Å²) in [5.41, 5.74) is 0.293. The van der Waals surface area contributed by atoms with Crippen molar-refractivity contribution in [3.8, 4) is 0 Å². The van der Waals surface area contributed by atoms with Gasteiger partial charge in [0.25, 0.3) is 5.56 Å². The average molecular weight is 408 g/mol. The molecule has 0 unspecified atom stereocenters. The van der Waals surface area contributed by atoms with E-state index in [2.05, 4.69) is 9.97 Å². The normalized spacial score (nSPS) is 17.0. The number of halogens is 1. The van der Waals surface area contributed by atoms with E-state index in [0.29, 0.717) is 31.2 Å². The maximum absolute atomic E-state index is 13.0. The van der Waals surface area contributed by atoms with Crippen molar-refractivity contribution >= 4 is 21.7 Å². The summed E-state index contributed by atoms with van der Waals surface area (Å²) in [5.74, 6) is -1.47. The first-order chi connectivity index (χ1) is 13.2. The Morgan fingerprint density at radius 1 is 1.32 bits per heavy atom. The molecule has 1 aliphatic rings. The summed E-state index contributed by atoms with van der Waals surface area (Å²) in [4.78, 5) is 34.4. The van der Waals surface area contributed by atoms with E-state index in [1.54, 1.807) is 19.0 Å². The number of carbonyl (C=O) groups is 1. The molecule has 0 aliphatic carbocycles. The summed E-state index contributed by atoms with van der Waals surface area (Å²) < 4.78 is 37.8. The Balaban J connectivity index is 1.71. The minimum absolute atomic E-state index is 0.0927. The van der Waals surface area contributed by atoms with Crippen LogP contribution in [-0.2, 0) is 14.6 Å². The van der Waals surface area contributed by atoms with E-state index in [9.17, 15) is 22.4 Å². The maximum atomic E-state index is 13.0. The highest BCUT2D eigenvalue weighted by Gasteiger charge is 2.31. The molecule has 2 aromatic rings. The van der Waals surface area contributed by atoms with Crippen LogP contribution in [0, 0.1) is 5.82 Å². The predicted octanol–water partition coefficient (Wildman–Crippen LogP) is 0.765. The van der Waals surface area contributed by atoms with Crippen molar-refractivity contribution in [3.63, 3.8) is 0 Å². The molecule has 150 valence electrons. The number of anilines is 1. The van der Waals surface area contributed by atoms with E-state index in [1.165, 1.54) is 11.0 Å². The molecule has 1 aliphatic heterocycles. The number of sulfone groups is 1. The molecule has 1 saturated heterocycles. The number of hydrogen-bond acceptors (Lipinski definition) is 6. The SMILES string of the molecule is CN(C)c1nc([C@H]2CCN(C(=O)CS(=O)(=O)c3ccc(F)cc3)C2)cc(=O)[nH]1. The van der Waals surface area contributed by atoms with Crippen LogP contribution in [0.1, 0.15) is 18.0 Å². The molecule has 28 heavy (non-hydrogen) atoms. The van der Waals surface area contributed by atoms with Gasteiger partial charge in [-0.2, -0.15) is 0 Å². The van der Waals surface area contributed by atoms with Gasteiger partial charge in [-0.05, 0) is 30.7 Å². The van der Waals surface area contributed by atoms with Gasteiger partial charge in [-0.15, -0.1) is 0 Å². The van der Waals surface area contributed by atoms with E-state index in [0.717, 1.165) is 24.3 Å². The molecular weight excluding hydrogens is 387 g/mol. The number of rotatable bonds is 5. The topological polar surface area (TPSA) is 103 Å². The Bertz CT molecular complexity index is 1030. The Morgan fingerprint density at radius 3 is 2.64 bits per heavy atom. The van der Waals surface area contributed by atoms with Crippen LogP contribution >= 0.6 is 0 Å². The first-order valence-electron chi connectivity index (χ1n) is 8.70. The van der Waals surface area contributed by atoms with Crippen molar-refractivity contribution in [2.24, 2.45) is 0 Å². The molecule has 0 radical (unpaired) electrons. The Morgan fingerprint density at radius 2 is 2.00 bits per heavy atom. The van der Waals surface area contributed by atoms with Crippen molar-refractivity contribution in [2.75, 3.05) is 37.8 Å². The second kappa shape index (κ2) is 7.70. The van der Waals surface area contributed by atoms with Gasteiger partial charge in [0.2, 0.25) is 11.9 Å². The van der Waals surface area contributed by atoms with Gasteiger partial charge in [0.05, 0.1) is 10.6 Å². The van der Waals surface area contributed by atoms with E-state index < -0.39 is 27.3 Å². The molecule has 1 N–H and O–H groups in total. The smallest absolute Gasteiger partial charge is 0.252 e. The van der Waals surface area contributed by atoms with Crippen molar-refractivity contribution in [2.45, 2.75) is 17.2 Å². The fourth-order valence-electron chi connectivity index (χ4n) is 3.09. The highest BCUT2D eigenvalue weighted by atomic mass is 32.2. The first kappa shape index (κ1) is 20.0. The van der Waals surface area contributed by atoms with Crippen LogP contribution in [0.4, 0.5) is 10.3 Å². The minimum atomic E-state index is -3.86. The maximum Gasteiger partial charge on any atom is 0.252 e. The molecule has 2 heterocycles. The Kier molecular flexibility index (Phi) is 5.50. The molecule has 1 fully saturated rings. The summed E-state index contributed by atoms with van der Waals surface area (Å²) in [7, 11) is -0.342. The van der Waals surface area contributed by atoms with Crippen molar-refractivity contribution in [1.29, 1.82) is 0 Å². The lowest BCUT2D eigenvalue weighted by Gasteiger charge is -2.17. The molecule has 0 bridgehead atoms. The molecule has 1 aromatic heterocycles. The summed E-state index contributed by atoms with van der Waals surface area (Å²) in [5, 5.41) is 0. The quantitative estimate of drug-likeness (QED) is 0.733. The second-order valence-corrected chi connectivity index (χ2v) is 8.92. The zero-order valence-corrected chi connectivity index (χ0v) is 16.4. The number of benzene rings is 1. The number of hydrogen-bond donors (Lipinski definition) is 1. The molecule has 8 nitrogen and oxygen atoms in total. The van der Waals surface area contributed by atoms with Gasteiger partial charge in [0, 0.05) is 39.2 Å². The number of aromatic amines is 1. The first-order valence-corrected chi connectivity index (χ1v) is 10.4. The molecule has 0 spiro atoms. The van der Waals surface area contributed by atoms with Crippen LogP contribution < -0.4 is 10.5 Å². The van der Waals surface area contributed by atoms with Crippen LogP contribution in [0.5, 0.6) is 0 Å². The van der Waals surface area contributed by atoms with Gasteiger partial charge < -0.3 is 9.80 Å². The van der Waals surface area contributed by atoms with E-state index in [-0.39, 0.29) is 16.4 Å². The van der Waals surface area contributed by atoms with E-state index in [1.807, 2.05) is 0 Å². The van der Waals surface area contributed by atoms with Crippen LogP contribution in [0.3, 0.4) is 0 Å². The fraction of sp³-hybridized carbons (Fsp3) is 0.389. The number of nitrogens with one attached hydrogen (secondary N) is 1. The second-order valence-electron chi connectivity index (χ2n) is 6.93. The monoisotopic (exact) mass is 408 g/mol. The number of nitrogens with zero attached hydrogens (tertiary/aromatic N) is 3.